The predicted octanol–water partition coefficient (Wildman–Crippen LogP) is 4.24. The van der Waals surface area contributed by atoms with Gasteiger partial charge in [-0.1, -0.05) is 12.8 Å². The molecular formula is C15H17F3N2O2. The van der Waals surface area contributed by atoms with Gasteiger partial charge in [-0.05, 0) is 36.8 Å². The van der Waals surface area contributed by atoms with E-state index >= 15 is 0 Å². The van der Waals surface area contributed by atoms with Crippen LogP contribution in [0.5, 0.6) is 0 Å². The smallest absolute Gasteiger partial charge is 0.371 e. The molecule has 120 valence electrons. The van der Waals surface area contributed by atoms with Gasteiger partial charge < -0.3 is 4.90 Å². The minimum atomic E-state index is -4.72. The normalized spacial score (nSPS) is 25.1. The van der Waals surface area contributed by atoms with E-state index in [-0.39, 0.29) is 0 Å². The van der Waals surface area contributed by atoms with Crippen LogP contribution < -0.4 is 4.90 Å². The molecule has 4 nitrogen and oxygen atoms in total. The van der Waals surface area contributed by atoms with Crippen LogP contribution in [0.1, 0.15) is 31.2 Å². The first-order chi connectivity index (χ1) is 10.4. The van der Waals surface area contributed by atoms with Crippen LogP contribution >= 0.6 is 0 Å². The minimum absolute atomic E-state index is 0.437. The molecular weight excluding hydrogens is 297 g/mol. The lowest BCUT2D eigenvalue weighted by atomic mass is 9.82. The highest BCUT2D eigenvalue weighted by Gasteiger charge is 2.40. The molecule has 7 heteroatoms. The highest BCUT2D eigenvalue weighted by atomic mass is 19.4. The maximum absolute atomic E-state index is 13.0. The van der Waals surface area contributed by atoms with Crippen molar-refractivity contribution >= 4 is 11.4 Å². The van der Waals surface area contributed by atoms with Gasteiger partial charge in [0.2, 0.25) is 0 Å². The number of nitro benzene ring substituents is 1. The second kappa shape index (κ2) is 5.44. The number of hydrogen-bond acceptors (Lipinski definition) is 3. The van der Waals surface area contributed by atoms with E-state index in [0.29, 0.717) is 17.5 Å². The van der Waals surface area contributed by atoms with Crippen LogP contribution in [-0.2, 0) is 6.18 Å². The lowest BCUT2D eigenvalue weighted by Crippen LogP contribution is -2.21. The summed E-state index contributed by atoms with van der Waals surface area (Å²) in [6.07, 6.45) is -0.0996. The van der Waals surface area contributed by atoms with Crippen LogP contribution in [0.15, 0.2) is 18.2 Å². The Labute approximate surface area is 126 Å². The number of anilines is 1. The highest BCUT2D eigenvalue weighted by molar-refractivity contribution is 5.57. The van der Waals surface area contributed by atoms with Crippen LogP contribution in [0.2, 0.25) is 0 Å². The third kappa shape index (κ3) is 2.76. The average molecular weight is 314 g/mol. The first-order valence-corrected chi connectivity index (χ1v) is 7.47. The summed E-state index contributed by atoms with van der Waals surface area (Å²) in [7, 11) is 0. The fourth-order valence-electron chi connectivity index (χ4n) is 3.72. The minimum Gasteiger partial charge on any atom is -0.371 e. The maximum Gasteiger partial charge on any atom is 0.423 e. The molecule has 1 heterocycles. The van der Waals surface area contributed by atoms with Crippen LogP contribution in [0.4, 0.5) is 24.5 Å². The average Bonchev–Trinajstić information content (AvgIpc) is 2.89. The second-order valence-electron chi connectivity index (χ2n) is 6.17. The van der Waals surface area contributed by atoms with E-state index in [1.807, 2.05) is 4.90 Å². The van der Waals surface area contributed by atoms with Crippen molar-refractivity contribution in [2.24, 2.45) is 11.8 Å². The zero-order valence-corrected chi connectivity index (χ0v) is 12.0. The fraction of sp³-hybridized carbons (Fsp3) is 0.600. The van der Waals surface area contributed by atoms with Gasteiger partial charge in [0.15, 0.2) is 0 Å². The molecule has 1 aliphatic carbocycles. The Hall–Kier alpha value is -1.79. The van der Waals surface area contributed by atoms with Gasteiger partial charge in [0.1, 0.15) is 5.56 Å². The molecule has 2 unspecified atom stereocenters. The Morgan fingerprint density at radius 2 is 1.73 bits per heavy atom. The summed E-state index contributed by atoms with van der Waals surface area (Å²) in [6, 6.07) is 3.33. The second-order valence-corrected chi connectivity index (χ2v) is 6.17. The standard InChI is InChI=1S/C15H17F3N2O2/c16-15(17,18)13-7-12(5-6-14(13)20(21)22)19-8-10-3-1-2-4-11(10)9-19/h5-7,10-11H,1-4,8-9H2. The maximum atomic E-state index is 13.0. The molecule has 0 spiro atoms. The number of halogens is 3. The number of rotatable bonds is 2. The molecule has 2 fully saturated rings. The largest absolute Gasteiger partial charge is 0.423 e. The third-order valence-corrected chi connectivity index (χ3v) is 4.82. The Morgan fingerprint density at radius 3 is 2.23 bits per heavy atom. The van der Waals surface area contributed by atoms with Gasteiger partial charge in [-0.3, -0.25) is 10.1 Å². The van der Waals surface area contributed by atoms with E-state index in [2.05, 4.69) is 0 Å². The van der Waals surface area contributed by atoms with Crippen molar-refractivity contribution in [3.05, 3.63) is 33.9 Å². The zero-order chi connectivity index (χ0) is 15.9. The summed E-state index contributed by atoms with van der Waals surface area (Å²) in [5.74, 6) is 1.08. The van der Waals surface area contributed by atoms with E-state index in [9.17, 15) is 23.3 Å². The van der Waals surface area contributed by atoms with Crippen molar-refractivity contribution in [2.75, 3.05) is 18.0 Å². The molecule has 0 N–H and O–H groups in total. The van der Waals surface area contributed by atoms with Gasteiger partial charge in [0.05, 0.1) is 4.92 Å². The van der Waals surface area contributed by atoms with Gasteiger partial charge in [-0.2, -0.15) is 13.2 Å². The van der Waals surface area contributed by atoms with Gasteiger partial charge in [0.25, 0.3) is 5.69 Å². The molecule has 1 aliphatic heterocycles. The van der Waals surface area contributed by atoms with Crippen molar-refractivity contribution in [1.29, 1.82) is 0 Å². The molecule has 1 aromatic carbocycles. The lowest BCUT2D eigenvalue weighted by Gasteiger charge is -2.22. The molecule has 0 aromatic heterocycles. The lowest BCUT2D eigenvalue weighted by molar-refractivity contribution is -0.388. The zero-order valence-electron chi connectivity index (χ0n) is 12.0. The van der Waals surface area contributed by atoms with E-state index in [1.54, 1.807) is 0 Å². The predicted molar refractivity (Wildman–Crippen MR) is 75.8 cm³/mol. The van der Waals surface area contributed by atoms with Crippen molar-refractivity contribution in [2.45, 2.75) is 31.9 Å². The summed E-state index contributed by atoms with van der Waals surface area (Å²) in [6.45, 7) is 1.50. The van der Waals surface area contributed by atoms with Gasteiger partial charge in [-0.25, -0.2) is 0 Å². The summed E-state index contributed by atoms with van der Waals surface area (Å²) in [4.78, 5) is 11.8. The number of nitrogens with zero attached hydrogens (tertiary/aromatic N) is 2. The van der Waals surface area contributed by atoms with Crippen molar-refractivity contribution in [1.82, 2.24) is 0 Å². The molecule has 0 radical (unpaired) electrons. The van der Waals surface area contributed by atoms with E-state index in [1.165, 1.54) is 18.9 Å². The van der Waals surface area contributed by atoms with Crippen LogP contribution in [0.25, 0.3) is 0 Å². The van der Waals surface area contributed by atoms with Crippen LogP contribution in [0, 0.1) is 22.0 Å². The van der Waals surface area contributed by atoms with E-state index in [4.69, 9.17) is 0 Å². The summed E-state index contributed by atoms with van der Waals surface area (Å²) >= 11 is 0. The summed E-state index contributed by atoms with van der Waals surface area (Å²) in [5, 5.41) is 10.8. The third-order valence-electron chi connectivity index (χ3n) is 4.82. The monoisotopic (exact) mass is 314 g/mol. The van der Waals surface area contributed by atoms with Gasteiger partial charge >= 0.3 is 6.18 Å². The van der Waals surface area contributed by atoms with E-state index < -0.39 is 22.4 Å². The molecule has 1 saturated carbocycles. The molecule has 1 saturated heterocycles. The SMILES string of the molecule is O=[N+]([O-])c1ccc(N2CC3CCCCC3C2)cc1C(F)(F)F. The Morgan fingerprint density at radius 1 is 1.14 bits per heavy atom. The number of nitro groups is 1. The molecule has 22 heavy (non-hydrogen) atoms. The molecule has 1 aromatic rings. The summed E-state index contributed by atoms with van der Waals surface area (Å²) < 4.78 is 39.1. The van der Waals surface area contributed by atoms with Gasteiger partial charge in [-0.15, -0.1) is 0 Å². The van der Waals surface area contributed by atoms with E-state index in [0.717, 1.165) is 38.1 Å². The quantitative estimate of drug-likeness (QED) is 0.606. The fourth-order valence-corrected chi connectivity index (χ4v) is 3.72. The topological polar surface area (TPSA) is 46.4 Å². The Kier molecular flexibility index (Phi) is 3.74. The summed E-state index contributed by atoms with van der Waals surface area (Å²) in [5.41, 5.74) is -1.61. The van der Waals surface area contributed by atoms with Gasteiger partial charge in [0, 0.05) is 24.8 Å². The molecule has 3 rings (SSSR count). The van der Waals surface area contributed by atoms with Crippen LogP contribution in [0.3, 0.4) is 0 Å². The molecule has 0 amide bonds. The van der Waals surface area contributed by atoms with Crippen molar-refractivity contribution < 1.29 is 18.1 Å². The molecule has 2 atom stereocenters. The van der Waals surface area contributed by atoms with Crippen molar-refractivity contribution in [3.63, 3.8) is 0 Å². The van der Waals surface area contributed by atoms with Crippen LogP contribution in [-0.4, -0.2) is 18.0 Å². The number of alkyl halides is 3. The van der Waals surface area contributed by atoms with Crippen molar-refractivity contribution in [3.8, 4) is 0 Å². The molecule has 2 aliphatic rings. The number of hydrogen-bond donors (Lipinski definition) is 0. The number of fused-ring (bicyclic) bond motifs is 1. The highest BCUT2D eigenvalue weighted by Crippen LogP contribution is 2.41. The Bertz CT molecular complexity index is 575. The molecule has 0 bridgehead atoms. The first-order valence-electron chi connectivity index (χ1n) is 7.47. The Balaban J connectivity index is 1.90. The first kappa shape index (κ1) is 15.1. The number of benzene rings is 1.